The summed E-state index contributed by atoms with van der Waals surface area (Å²) in [4.78, 5) is 20.8. The minimum Gasteiger partial charge on any atom is -0.468 e. The summed E-state index contributed by atoms with van der Waals surface area (Å²) in [5.74, 6) is 1.23. The topological polar surface area (TPSA) is 49.6 Å². The molecular formula is C19H25N3O2. The Morgan fingerprint density at radius 3 is 2.92 bits per heavy atom. The standard InChI is InChI=1S/C19H25N3O2/c1-14(2)19(23)22-7-6-18-15(9-20-10-16(18)12-22)11-21(3)13-17-5-4-8-24-17/h4-5,8-10,14H,6-7,11-13H2,1-3H3. The van der Waals surface area contributed by atoms with Gasteiger partial charge in [0.1, 0.15) is 5.76 Å². The fourth-order valence-corrected chi connectivity index (χ4v) is 3.27. The van der Waals surface area contributed by atoms with Gasteiger partial charge in [0.15, 0.2) is 0 Å². The number of fused-ring (bicyclic) bond motifs is 1. The summed E-state index contributed by atoms with van der Waals surface area (Å²) in [5, 5.41) is 0. The van der Waals surface area contributed by atoms with Gasteiger partial charge in [-0.2, -0.15) is 0 Å². The number of furan rings is 1. The highest BCUT2D eigenvalue weighted by Crippen LogP contribution is 2.24. The summed E-state index contributed by atoms with van der Waals surface area (Å²) >= 11 is 0. The van der Waals surface area contributed by atoms with Crippen LogP contribution in [0.5, 0.6) is 0 Å². The SMILES string of the molecule is CC(C)C(=O)N1CCc2c(CN(C)Cc3ccco3)cncc2C1. The van der Waals surface area contributed by atoms with E-state index in [1.807, 2.05) is 43.3 Å². The van der Waals surface area contributed by atoms with Crippen molar-refractivity contribution in [2.75, 3.05) is 13.6 Å². The zero-order valence-corrected chi connectivity index (χ0v) is 14.7. The molecule has 24 heavy (non-hydrogen) atoms. The van der Waals surface area contributed by atoms with Crippen LogP contribution in [-0.4, -0.2) is 34.3 Å². The van der Waals surface area contributed by atoms with Gasteiger partial charge in [0.25, 0.3) is 0 Å². The van der Waals surface area contributed by atoms with Crippen LogP contribution in [0.4, 0.5) is 0 Å². The molecular weight excluding hydrogens is 302 g/mol. The molecule has 128 valence electrons. The van der Waals surface area contributed by atoms with Crippen molar-refractivity contribution >= 4 is 5.91 Å². The molecule has 0 saturated heterocycles. The van der Waals surface area contributed by atoms with Crippen LogP contribution in [0.3, 0.4) is 0 Å². The van der Waals surface area contributed by atoms with Gasteiger partial charge in [-0.1, -0.05) is 13.8 Å². The lowest BCUT2D eigenvalue weighted by molar-refractivity contribution is -0.135. The van der Waals surface area contributed by atoms with Gasteiger partial charge in [-0.05, 0) is 42.3 Å². The number of carbonyl (C=O) groups excluding carboxylic acids is 1. The van der Waals surface area contributed by atoms with Crippen LogP contribution in [0.15, 0.2) is 35.2 Å². The molecule has 1 amide bonds. The molecule has 0 bridgehead atoms. The third-order valence-electron chi connectivity index (χ3n) is 4.48. The average molecular weight is 327 g/mol. The predicted octanol–water partition coefficient (Wildman–Crippen LogP) is 2.85. The van der Waals surface area contributed by atoms with Crippen molar-refractivity contribution in [1.82, 2.24) is 14.8 Å². The predicted molar refractivity (Wildman–Crippen MR) is 92.1 cm³/mol. The Bertz CT molecular complexity index is 695. The Hall–Kier alpha value is -2.14. The average Bonchev–Trinajstić information content (AvgIpc) is 3.06. The van der Waals surface area contributed by atoms with Crippen LogP contribution < -0.4 is 0 Å². The third-order valence-corrected chi connectivity index (χ3v) is 4.48. The quantitative estimate of drug-likeness (QED) is 0.847. The molecule has 1 aliphatic rings. The molecule has 5 nitrogen and oxygen atoms in total. The van der Waals surface area contributed by atoms with E-state index in [4.69, 9.17) is 4.42 Å². The number of nitrogens with zero attached hydrogens (tertiary/aromatic N) is 3. The van der Waals surface area contributed by atoms with Crippen LogP contribution in [0.25, 0.3) is 0 Å². The van der Waals surface area contributed by atoms with E-state index < -0.39 is 0 Å². The molecule has 0 fully saturated rings. The van der Waals surface area contributed by atoms with Gasteiger partial charge in [-0.25, -0.2) is 0 Å². The van der Waals surface area contributed by atoms with Gasteiger partial charge < -0.3 is 9.32 Å². The molecule has 3 rings (SSSR count). The molecule has 0 atom stereocenters. The largest absolute Gasteiger partial charge is 0.468 e. The fraction of sp³-hybridized carbons (Fsp3) is 0.474. The Balaban J connectivity index is 1.71. The van der Waals surface area contributed by atoms with E-state index >= 15 is 0 Å². The van der Waals surface area contributed by atoms with Crippen LogP contribution >= 0.6 is 0 Å². The molecule has 0 spiro atoms. The first kappa shape index (κ1) is 16.7. The monoisotopic (exact) mass is 327 g/mol. The number of carbonyl (C=O) groups is 1. The Morgan fingerprint density at radius 1 is 1.38 bits per heavy atom. The van der Waals surface area contributed by atoms with Crippen molar-refractivity contribution in [2.24, 2.45) is 5.92 Å². The summed E-state index contributed by atoms with van der Waals surface area (Å²) in [5.41, 5.74) is 3.78. The second-order valence-electron chi connectivity index (χ2n) is 6.85. The summed E-state index contributed by atoms with van der Waals surface area (Å²) < 4.78 is 5.42. The summed E-state index contributed by atoms with van der Waals surface area (Å²) in [6, 6.07) is 3.90. The van der Waals surface area contributed by atoms with Gasteiger partial charge in [0, 0.05) is 37.9 Å². The minimum absolute atomic E-state index is 0.0436. The summed E-state index contributed by atoms with van der Waals surface area (Å²) in [6.45, 7) is 6.98. The molecule has 0 aliphatic carbocycles. The van der Waals surface area contributed by atoms with Crippen molar-refractivity contribution in [2.45, 2.75) is 39.9 Å². The van der Waals surface area contributed by atoms with Crippen molar-refractivity contribution in [1.29, 1.82) is 0 Å². The molecule has 0 saturated carbocycles. The Morgan fingerprint density at radius 2 is 2.21 bits per heavy atom. The maximum atomic E-state index is 12.2. The molecule has 2 aromatic rings. The second kappa shape index (κ2) is 7.18. The smallest absolute Gasteiger partial charge is 0.225 e. The molecule has 1 aliphatic heterocycles. The number of hydrogen-bond acceptors (Lipinski definition) is 4. The first-order chi connectivity index (χ1) is 11.5. The van der Waals surface area contributed by atoms with Gasteiger partial charge in [0.2, 0.25) is 5.91 Å². The number of rotatable bonds is 5. The van der Waals surface area contributed by atoms with E-state index in [1.165, 1.54) is 16.7 Å². The maximum absolute atomic E-state index is 12.2. The lowest BCUT2D eigenvalue weighted by Crippen LogP contribution is -2.39. The van der Waals surface area contributed by atoms with E-state index in [0.717, 1.165) is 31.8 Å². The summed E-state index contributed by atoms with van der Waals surface area (Å²) in [6.07, 6.45) is 6.47. The van der Waals surface area contributed by atoms with Gasteiger partial charge in [-0.15, -0.1) is 0 Å². The second-order valence-corrected chi connectivity index (χ2v) is 6.85. The molecule has 0 aromatic carbocycles. The zero-order chi connectivity index (χ0) is 17.1. The van der Waals surface area contributed by atoms with Crippen LogP contribution in [0.2, 0.25) is 0 Å². The normalized spacial score (nSPS) is 14.3. The molecule has 2 aromatic heterocycles. The first-order valence-corrected chi connectivity index (χ1v) is 8.49. The highest BCUT2D eigenvalue weighted by atomic mass is 16.3. The fourth-order valence-electron chi connectivity index (χ4n) is 3.27. The van der Waals surface area contributed by atoms with E-state index in [9.17, 15) is 4.79 Å². The summed E-state index contributed by atoms with van der Waals surface area (Å²) in [7, 11) is 2.08. The maximum Gasteiger partial charge on any atom is 0.225 e. The van der Waals surface area contributed by atoms with Gasteiger partial charge in [0.05, 0.1) is 12.8 Å². The lowest BCUT2D eigenvalue weighted by atomic mass is 9.96. The van der Waals surface area contributed by atoms with E-state index in [0.29, 0.717) is 6.54 Å². The van der Waals surface area contributed by atoms with E-state index in [2.05, 4.69) is 16.9 Å². The number of aromatic nitrogens is 1. The van der Waals surface area contributed by atoms with Crippen molar-refractivity contribution in [3.63, 3.8) is 0 Å². The minimum atomic E-state index is 0.0436. The van der Waals surface area contributed by atoms with Crippen molar-refractivity contribution < 1.29 is 9.21 Å². The van der Waals surface area contributed by atoms with E-state index in [-0.39, 0.29) is 11.8 Å². The highest BCUT2D eigenvalue weighted by Gasteiger charge is 2.24. The Labute approximate surface area is 143 Å². The molecule has 0 unspecified atom stereocenters. The number of amides is 1. The van der Waals surface area contributed by atoms with Crippen molar-refractivity contribution in [3.05, 3.63) is 53.2 Å². The van der Waals surface area contributed by atoms with Gasteiger partial charge >= 0.3 is 0 Å². The van der Waals surface area contributed by atoms with Crippen LogP contribution in [-0.2, 0) is 30.8 Å². The first-order valence-electron chi connectivity index (χ1n) is 8.49. The van der Waals surface area contributed by atoms with E-state index in [1.54, 1.807) is 6.26 Å². The molecule has 3 heterocycles. The Kier molecular flexibility index (Phi) is 5.00. The lowest BCUT2D eigenvalue weighted by Gasteiger charge is -2.31. The number of hydrogen-bond donors (Lipinski definition) is 0. The van der Waals surface area contributed by atoms with Crippen LogP contribution in [0, 0.1) is 5.92 Å². The van der Waals surface area contributed by atoms with Crippen molar-refractivity contribution in [3.8, 4) is 0 Å². The molecule has 0 radical (unpaired) electrons. The zero-order valence-electron chi connectivity index (χ0n) is 14.7. The number of pyridine rings is 1. The molecule has 0 N–H and O–H groups in total. The van der Waals surface area contributed by atoms with Gasteiger partial charge in [-0.3, -0.25) is 14.7 Å². The highest BCUT2D eigenvalue weighted by molar-refractivity contribution is 5.78. The van der Waals surface area contributed by atoms with Crippen LogP contribution in [0.1, 0.15) is 36.3 Å². The third kappa shape index (κ3) is 3.67. The molecule has 5 heteroatoms.